The molecule has 24 heavy (non-hydrogen) atoms. The van der Waals surface area contributed by atoms with Crippen molar-refractivity contribution in [3.63, 3.8) is 0 Å². The van der Waals surface area contributed by atoms with E-state index in [0.717, 1.165) is 12.1 Å². The van der Waals surface area contributed by atoms with E-state index in [4.69, 9.17) is 0 Å². The number of alkyl halides is 3. The third-order valence-corrected chi connectivity index (χ3v) is 3.01. The highest BCUT2D eigenvalue weighted by atomic mass is 19.4. The van der Waals surface area contributed by atoms with E-state index in [1.807, 2.05) is 13.8 Å². The lowest BCUT2D eigenvalue weighted by Crippen LogP contribution is -2.45. The van der Waals surface area contributed by atoms with Crippen LogP contribution in [0.3, 0.4) is 0 Å². The van der Waals surface area contributed by atoms with Gasteiger partial charge in [-0.15, -0.1) is 0 Å². The van der Waals surface area contributed by atoms with Gasteiger partial charge in [0, 0.05) is 20.1 Å². The summed E-state index contributed by atoms with van der Waals surface area (Å²) in [7, 11) is 3.28. The van der Waals surface area contributed by atoms with Gasteiger partial charge in [0.1, 0.15) is 0 Å². The predicted molar refractivity (Wildman–Crippen MR) is 87.6 cm³/mol. The van der Waals surface area contributed by atoms with Crippen molar-refractivity contribution in [1.82, 2.24) is 15.5 Å². The highest BCUT2D eigenvalue weighted by Crippen LogP contribution is 2.29. The summed E-state index contributed by atoms with van der Waals surface area (Å²) in [6, 6.07) is 5.09. The molecule has 0 aromatic heterocycles. The Labute approximate surface area is 139 Å². The van der Waals surface area contributed by atoms with E-state index in [1.54, 1.807) is 20.2 Å². The van der Waals surface area contributed by atoms with Crippen LogP contribution in [0.2, 0.25) is 0 Å². The monoisotopic (exact) mass is 344 g/mol. The lowest BCUT2D eigenvalue weighted by atomic mass is 10.1. The van der Waals surface area contributed by atoms with Gasteiger partial charge in [0.15, 0.2) is 5.96 Å². The zero-order valence-electron chi connectivity index (χ0n) is 14.2. The molecule has 0 fully saturated rings. The van der Waals surface area contributed by atoms with Gasteiger partial charge in [0.05, 0.1) is 18.7 Å². The molecule has 0 saturated carbocycles. The molecule has 1 aromatic carbocycles. The number of carbonyl (C=O) groups is 1. The van der Waals surface area contributed by atoms with Crippen molar-refractivity contribution in [2.75, 3.05) is 20.6 Å². The highest BCUT2D eigenvalue weighted by molar-refractivity contribution is 5.86. The van der Waals surface area contributed by atoms with Crippen molar-refractivity contribution in [1.29, 1.82) is 0 Å². The summed E-state index contributed by atoms with van der Waals surface area (Å²) in [5.41, 5.74) is -0.266. The minimum Gasteiger partial charge on any atom is -0.354 e. The molecule has 0 bridgehead atoms. The number of halogens is 3. The van der Waals surface area contributed by atoms with Gasteiger partial charge in [-0.2, -0.15) is 13.2 Å². The molecule has 1 amide bonds. The fourth-order valence-corrected chi connectivity index (χ4v) is 1.76. The quantitative estimate of drug-likeness (QED) is 0.636. The lowest BCUT2D eigenvalue weighted by Gasteiger charge is -2.17. The molecule has 0 spiro atoms. The summed E-state index contributed by atoms with van der Waals surface area (Å²) in [6.45, 7) is 3.92. The van der Waals surface area contributed by atoms with Crippen molar-refractivity contribution in [2.45, 2.75) is 32.6 Å². The summed E-state index contributed by atoms with van der Waals surface area (Å²) in [4.78, 5) is 17.3. The van der Waals surface area contributed by atoms with Gasteiger partial charge in [-0.1, -0.05) is 12.1 Å². The molecule has 1 aromatic rings. The van der Waals surface area contributed by atoms with Crippen LogP contribution in [0.15, 0.2) is 29.3 Å². The standard InChI is InChI=1S/C16H23F3N4O/c1-11(2)22-15(21-10-14(24)23(3)4)20-9-12-6-5-7-13(8-12)16(17,18)19/h5-8,11H,9-10H2,1-4H3,(H2,20,21,22). The Morgan fingerprint density at radius 2 is 1.96 bits per heavy atom. The van der Waals surface area contributed by atoms with E-state index >= 15 is 0 Å². The van der Waals surface area contributed by atoms with Gasteiger partial charge in [0.2, 0.25) is 5.91 Å². The maximum absolute atomic E-state index is 12.7. The molecule has 2 N–H and O–H groups in total. The van der Waals surface area contributed by atoms with Crippen molar-refractivity contribution < 1.29 is 18.0 Å². The second kappa shape index (κ2) is 8.56. The number of likely N-dealkylation sites (N-methyl/N-ethyl adjacent to an activating group) is 1. The molecule has 0 radical (unpaired) electrons. The number of nitrogens with one attached hydrogen (secondary N) is 2. The summed E-state index contributed by atoms with van der Waals surface area (Å²) >= 11 is 0. The van der Waals surface area contributed by atoms with Gasteiger partial charge in [0.25, 0.3) is 0 Å². The average molecular weight is 344 g/mol. The zero-order valence-corrected chi connectivity index (χ0v) is 14.2. The van der Waals surface area contributed by atoms with E-state index < -0.39 is 11.7 Å². The first-order valence-electron chi connectivity index (χ1n) is 7.50. The first-order chi connectivity index (χ1) is 11.1. The summed E-state index contributed by atoms with van der Waals surface area (Å²) in [5.74, 6) is 0.241. The Hall–Kier alpha value is -2.25. The third kappa shape index (κ3) is 6.89. The average Bonchev–Trinajstić information content (AvgIpc) is 2.48. The molecule has 0 aliphatic rings. The van der Waals surface area contributed by atoms with Crippen LogP contribution in [0, 0.1) is 0 Å². The van der Waals surface area contributed by atoms with Gasteiger partial charge in [-0.3, -0.25) is 4.79 Å². The second-order valence-corrected chi connectivity index (χ2v) is 5.80. The SMILES string of the molecule is CC(C)NC(=NCc1cccc(C(F)(F)F)c1)NCC(=O)N(C)C. The Morgan fingerprint density at radius 1 is 1.29 bits per heavy atom. The molecule has 1 rings (SSSR count). The number of nitrogens with zero attached hydrogens (tertiary/aromatic N) is 2. The second-order valence-electron chi connectivity index (χ2n) is 5.80. The third-order valence-electron chi connectivity index (χ3n) is 3.01. The summed E-state index contributed by atoms with van der Waals surface area (Å²) in [6.07, 6.45) is -4.38. The molecule has 0 aliphatic carbocycles. The van der Waals surface area contributed by atoms with Crippen LogP contribution in [0.25, 0.3) is 0 Å². The number of hydrogen-bond acceptors (Lipinski definition) is 2. The smallest absolute Gasteiger partial charge is 0.354 e. The topological polar surface area (TPSA) is 56.7 Å². The molecular formula is C16H23F3N4O. The molecule has 0 atom stereocenters. The summed E-state index contributed by atoms with van der Waals surface area (Å²) in [5, 5.41) is 5.91. The fourth-order valence-electron chi connectivity index (χ4n) is 1.76. The number of amides is 1. The van der Waals surface area contributed by atoms with Gasteiger partial charge in [-0.25, -0.2) is 4.99 Å². The van der Waals surface area contributed by atoms with Crippen LogP contribution in [0.4, 0.5) is 13.2 Å². The molecule has 0 heterocycles. The Bertz CT molecular complexity index is 583. The van der Waals surface area contributed by atoms with Crippen LogP contribution >= 0.6 is 0 Å². The van der Waals surface area contributed by atoms with E-state index in [9.17, 15) is 18.0 Å². The molecule has 5 nitrogen and oxygen atoms in total. The Kier molecular flexibility index (Phi) is 7.06. The molecular weight excluding hydrogens is 321 g/mol. The molecule has 0 unspecified atom stereocenters. The number of hydrogen-bond donors (Lipinski definition) is 2. The maximum Gasteiger partial charge on any atom is 0.416 e. The van der Waals surface area contributed by atoms with E-state index in [2.05, 4.69) is 15.6 Å². The van der Waals surface area contributed by atoms with E-state index in [0.29, 0.717) is 11.5 Å². The van der Waals surface area contributed by atoms with Crippen LogP contribution < -0.4 is 10.6 Å². The first kappa shape index (κ1) is 19.8. The van der Waals surface area contributed by atoms with Crippen LogP contribution in [0.1, 0.15) is 25.0 Å². The van der Waals surface area contributed by atoms with Crippen molar-refractivity contribution >= 4 is 11.9 Å². The van der Waals surface area contributed by atoms with Crippen LogP contribution in [-0.4, -0.2) is 43.4 Å². The highest BCUT2D eigenvalue weighted by Gasteiger charge is 2.30. The van der Waals surface area contributed by atoms with Crippen molar-refractivity contribution in [2.24, 2.45) is 4.99 Å². The maximum atomic E-state index is 12.7. The molecule has 134 valence electrons. The van der Waals surface area contributed by atoms with Crippen LogP contribution in [0.5, 0.6) is 0 Å². The van der Waals surface area contributed by atoms with E-state index in [-0.39, 0.29) is 25.0 Å². The summed E-state index contributed by atoms with van der Waals surface area (Å²) < 4.78 is 38.2. The minimum atomic E-state index is -4.38. The number of benzene rings is 1. The zero-order chi connectivity index (χ0) is 18.3. The van der Waals surface area contributed by atoms with Crippen LogP contribution in [-0.2, 0) is 17.5 Å². The van der Waals surface area contributed by atoms with Gasteiger partial charge in [-0.05, 0) is 31.5 Å². The largest absolute Gasteiger partial charge is 0.416 e. The number of rotatable bonds is 5. The number of guanidine groups is 1. The minimum absolute atomic E-state index is 0.0497. The number of carbonyl (C=O) groups excluding carboxylic acids is 1. The molecule has 8 heteroatoms. The fraction of sp³-hybridized carbons (Fsp3) is 0.500. The Balaban J connectivity index is 2.82. The first-order valence-corrected chi connectivity index (χ1v) is 7.50. The lowest BCUT2D eigenvalue weighted by molar-refractivity contribution is -0.137. The van der Waals surface area contributed by atoms with Crippen molar-refractivity contribution in [3.05, 3.63) is 35.4 Å². The number of aliphatic imine (C=N–C) groups is 1. The van der Waals surface area contributed by atoms with Gasteiger partial charge < -0.3 is 15.5 Å². The van der Waals surface area contributed by atoms with E-state index in [1.165, 1.54) is 11.0 Å². The predicted octanol–water partition coefficient (Wildman–Crippen LogP) is 2.24. The molecule has 0 aliphatic heterocycles. The Morgan fingerprint density at radius 3 is 2.50 bits per heavy atom. The van der Waals surface area contributed by atoms with Gasteiger partial charge >= 0.3 is 6.18 Å². The molecule has 0 saturated heterocycles. The van der Waals surface area contributed by atoms with Crippen molar-refractivity contribution in [3.8, 4) is 0 Å². The normalized spacial score (nSPS) is 12.2.